The fourth-order valence-corrected chi connectivity index (χ4v) is 1.85. The summed E-state index contributed by atoms with van der Waals surface area (Å²) in [5, 5.41) is 3.22. The zero-order valence-corrected chi connectivity index (χ0v) is 8.96. The van der Waals surface area contributed by atoms with Gasteiger partial charge < -0.3 is 10.2 Å². The minimum atomic E-state index is 0.0542. The molecule has 1 fully saturated rings. The van der Waals surface area contributed by atoms with E-state index in [2.05, 4.69) is 11.9 Å². The lowest BCUT2D eigenvalue weighted by Crippen LogP contribution is -2.50. The first-order chi connectivity index (χ1) is 6.79. The maximum Gasteiger partial charge on any atom is 0.239 e. The lowest BCUT2D eigenvalue weighted by Gasteiger charge is -2.32. The topological polar surface area (TPSA) is 32.3 Å². The summed E-state index contributed by atoms with van der Waals surface area (Å²) in [5.41, 5.74) is 0. The van der Waals surface area contributed by atoms with E-state index in [1.165, 1.54) is 0 Å². The third-order valence-electron chi connectivity index (χ3n) is 2.58. The normalized spacial score (nSPS) is 22.5. The number of likely N-dealkylation sites (tertiary alicyclic amines) is 1. The summed E-state index contributed by atoms with van der Waals surface area (Å²) in [7, 11) is 0. The van der Waals surface area contributed by atoms with Gasteiger partial charge in [0.2, 0.25) is 5.91 Å². The SMILES string of the molecule is C=CCCN1CCCC(NCC)C1=O. The Morgan fingerprint density at radius 1 is 1.71 bits per heavy atom. The average molecular weight is 196 g/mol. The van der Waals surface area contributed by atoms with Gasteiger partial charge in [-0.25, -0.2) is 0 Å². The number of nitrogens with zero attached hydrogens (tertiary/aromatic N) is 1. The molecule has 14 heavy (non-hydrogen) atoms. The molecule has 0 aromatic rings. The van der Waals surface area contributed by atoms with Crippen LogP contribution in [0.3, 0.4) is 0 Å². The van der Waals surface area contributed by atoms with Crippen LogP contribution in [0.4, 0.5) is 0 Å². The number of hydrogen-bond donors (Lipinski definition) is 1. The van der Waals surface area contributed by atoms with Gasteiger partial charge in [-0.15, -0.1) is 6.58 Å². The Balaban J connectivity index is 2.43. The number of carbonyl (C=O) groups is 1. The molecule has 1 N–H and O–H groups in total. The van der Waals surface area contributed by atoms with Gasteiger partial charge in [0.05, 0.1) is 6.04 Å². The van der Waals surface area contributed by atoms with Crippen LogP contribution < -0.4 is 5.32 Å². The van der Waals surface area contributed by atoms with Gasteiger partial charge in [-0.05, 0) is 25.8 Å². The van der Waals surface area contributed by atoms with Crippen molar-refractivity contribution < 1.29 is 4.79 Å². The van der Waals surface area contributed by atoms with Crippen LogP contribution in [-0.2, 0) is 4.79 Å². The number of nitrogens with one attached hydrogen (secondary N) is 1. The Morgan fingerprint density at radius 3 is 3.14 bits per heavy atom. The lowest BCUT2D eigenvalue weighted by atomic mass is 10.0. The van der Waals surface area contributed by atoms with E-state index < -0.39 is 0 Å². The zero-order valence-electron chi connectivity index (χ0n) is 8.96. The van der Waals surface area contributed by atoms with Crippen molar-refractivity contribution in [1.29, 1.82) is 0 Å². The minimum absolute atomic E-state index is 0.0542. The van der Waals surface area contributed by atoms with E-state index >= 15 is 0 Å². The minimum Gasteiger partial charge on any atom is -0.341 e. The largest absolute Gasteiger partial charge is 0.341 e. The molecule has 1 saturated heterocycles. The third kappa shape index (κ3) is 2.84. The van der Waals surface area contributed by atoms with Crippen LogP contribution in [0.2, 0.25) is 0 Å². The Kier molecular flexibility index (Phi) is 4.66. The van der Waals surface area contributed by atoms with E-state index in [0.717, 1.165) is 38.9 Å². The summed E-state index contributed by atoms with van der Waals surface area (Å²) >= 11 is 0. The van der Waals surface area contributed by atoms with E-state index in [0.29, 0.717) is 0 Å². The first-order valence-electron chi connectivity index (χ1n) is 5.42. The Hall–Kier alpha value is -0.830. The number of piperidine rings is 1. The van der Waals surface area contributed by atoms with E-state index in [1.807, 2.05) is 17.9 Å². The van der Waals surface area contributed by atoms with Gasteiger partial charge in [-0.2, -0.15) is 0 Å². The van der Waals surface area contributed by atoms with Crippen molar-refractivity contribution in [3.63, 3.8) is 0 Å². The van der Waals surface area contributed by atoms with Gasteiger partial charge in [-0.1, -0.05) is 13.0 Å². The van der Waals surface area contributed by atoms with Crippen LogP contribution in [0, 0.1) is 0 Å². The lowest BCUT2D eigenvalue weighted by molar-refractivity contribution is -0.135. The average Bonchev–Trinajstić information content (AvgIpc) is 2.20. The monoisotopic (exact) mass is 196 g/mol. The highest BCUT2D eigenvalue weighted by Crippen LogP contribution is 2.11. The molecule has 1 heterocycles. The van der Waals surface area contributed by atoms with Crippen LogP contribution in [0.15, 0.2) is 12.7 Å². The molecule has 0 aromatic carbocycles. The van der Waals surface area contributed by atoms with Crippen molar-refractivity contribution in [2.45, 2.75) is 32.2 Å². The Bertz CT molecular complexity index is 201. The molecule has 0 radical (unpaired) electrons. The predicted molar refractivity (Wildman–Crippen MR) is 58.1 cm³/mol. The molecule has 1 unspecified atom stereocenters. The molecular formula is C11H20N2O. The van der Waals surface area contributed by atoms with Crippen LogP contribution in [0.5, 0.6) is 0 Å². The molecule has 0 spiro atoms. The molecule has 1 aliphatic rings. The maximum atomic E-state index is 11.9. The molecule has 1 atom stereocenters. The Morgan fingerprint density at radius 2 is 2.50 bits per heavy atom. The van der Waals surface area contributed by atoms with Crippen molar-refractivity contribution in [2.75, 3.05) is 19.6 Å². The van der Waals surface area contributed by atoms with Gasteiger partial charge in [0.1, 0.15) is 0 Å². The summed E-state index contributed by atoms with van der Waals surface area (Å²) < 4.78 is 0. The van der Waals surface area contributed by atoms with Crippen molar-refractivity contribution in [3.8, 4) is 0 Å². The summed E-state index contributed by atoms with van der Waals surface area (Å²) in [6.45, 7) is 8.31. The van der Waals surface area contributed by atoms with E-state index in [9.17, 15) is 4.79 Å². The highest BCUT2D eigenvalue weighted by molar-refractivity contribution is 5.82. The fraction of sp³-hybridized carbons (Fsp3) is 0.727. The third-order valence-corrected chi connectivity index (χ3v) is 2.58. The molecule has 1 rings (SSSR count). The number of hydrogen-bond acceptors (Lipinski definition) is 2. The van der Waals surface area contributed by atoms with Gasteiger partial charge in [-0.3, -0.25) is 4.79 Å². The Labute approximate surface area is 86.2 Å². The second-order valence-corrected chi connectivity index (χ2v) is 3.66. The first-order valence-corrected chi connectivity index (χ1v) is 5.42. The predicted octanol–water partition coefficient (Wildman–Crippen LogP) is 1.16. The van der Waals surface area contributed by atoms with Crippen LogP contribution in [-0.4, -0.2) is 36.5 Å². The second kappa shape index (κ2) is 5.81. The molecule has 0 saturated carbocycles. The van der Waals surface area contributed by atoms with Gasteiger partial charge in [0.25, 0.3) is 0 Å². The molecule has 1 aliphatic heterocycles. The highest BCUT2D eigenvalue weighted by Gasteiger charge is 2.26. The van der Waals surface area contributed by atoms with Crippen LogP contribution in [0.1, 0.15) is 26.2 Å². The molecular weight excluding hydrogens is 176 g/mol. The standard InChI is InChI=1S/C11H20N2O/c1-3-5-8-13-9-6-7-10(11(13)14)12-4-2/h3,10,12H,1,4-9H2,2H3. The molecule has 1 amide bonds. The van der Waals surface area contributed by atoms with Crippen LogP contribution in [0.25, 0.3) is 0 Å². The zero-order chi connectivity index (χ0) is 10.4. The molecule has 3 nitrogen and oxygen atoms in total. The summed E-state index contributed by atoms with van der Waals surface area (Å²) in [6.07, 6.45) is 4.85. The molecule has 0 aliphatic carbocycles. The summed E-state index contributed by atoms with van der Waals surface area (Å²) in [4.78, 5) is 13.8. The molecule has 80 valence electrons. The first kappa shape index (κ1) is 11.2. The van der Waals surface area contributed by atoms with Crippen molar-refractivity contribution in [1.82, 2.24) is 10.2 Å². The van der Waals surface area contributed by atoms with Crippen molar-refractivity contribution in [3.05, 3.63) is 12.7 Å². The molecule has 3 heteroatoms. The van der Waals surface area contributed by atoms with E-state index in [4.69, 9.17) is 0 Å². The molecule has 0 bridgehead atoms. The van der Waals surface area contributed by atoms with Gasteiger partial charge in [0.15, 0.2) is 0 Å². The van der Waals surface area contributed by atoms with Crippen molar-refractivity contribution >= 4 is 5.91 Å². The smallest absolute Gasteiger partial charge is 0.239 e. The number of carbonyl (C=O) groups excluding carboxylic acids is 1. The summed E-state index contributed by atoms with van der Waals surface area (Å²) in [6, 6.07) is 0.0542. The maximum absolute atomic E-state index is 11.9. The second-order valence-electron chi connectivity index (χ2n) is 3.66. The summed E-state index contributed by atoms with van der Waals surface area (Å²) in [5.74, 6) is 0.264. The van der Waals surface area contributed by atoms with Crippen molar-refractivity contribution in [2.24, 2.45) is 0 Å². The quantitative estimate of drug-likeness (QED) is 0.669. The van der Waals surface area contributed by atoms with Gasteiger partial charge >= 0.3 is 0 Å². The van der Waals surface area contributed by atoms with E-state index in [1.54, 1.807) is 0 Å². The van der Waals surface area contributed by atoms with Crippen LogP contribution >= 0.6 is 0 Å². The van der Waals surface area contributed by atoms with Gasteiger partial charge in [0, 0.05) is 13.1 Å². The number of amides is 1. The highest BCUT2D eigenvalue weighted by atomic mass is 16.2. The van der Waals surface area contributed by atoms with E-state index in [-0.39, 0.29) is 11.9 Å². The number of rotatable bonds is 5. The fourth-order valence-electron chi connectivity index (χ4n) is 1.85. The molecule has 0 aromatic heterocycles. The number of likely N-dealkylation sites (N-methyl/N-ethyl adjacent to an activating group) is 1.